The van der Waals surface area contributed by atoms with E-state index in [9.17, 15) is 0 Å². The first-order valence-corrected chi connectivity index (χ1v) is 9.09. The molecule has 144 valence electrons. The summed E-state index contributed by atoms with van der Waals surface area (Å²) in [6.45, 7) is 0. The quantitative estimate of drug-likeness (QED) is 0.362. The number of nitrogens with one attached hydrogen (secondary N) is 1. The molecule has 0 saturated carbocycles. The lowest BCUT2D eigenvalue weighted by Crippen LogP contribution is -1.99. The molecule has 8 heteroatoms. The van der Waals surface area contributed by atoms with Crippen LogP contribution in [0.3, 0.4) is 0 Å². The van der Waals surface area contributed by atoms with Crippen LogP contribution in [0.2, 0.25) is 5.02 Å². The van der Waals surface area contributed by atoms with Crippen LogP contribution >= 0.6 is 11.6 Å². The van der Waals surface area contributed by atoms with Crippen molar-refractivity contribution in [3.8, 4) is 28.3 Å². The Hall–Kier alpha value is -3.71. The third kappa shape index (κ3) is 4.41. The molecule has 1 N–H and O–H groups in total. The Kier molecular flexibility index (Phi) is 5.49. The first kappa shape index (κ1) is 18.6. The molecule has 7 nitrogen and oxygen atoms in total. The second-order valence-electron chi connectivity index (χ2n) is 5.95. The number of aromatic nitrogens is 3. The minimum absolute atomic E-state index is 0.271. The van der Waals surface area contributed by atoms with Crippen molar-refractivity contribution < 1.29 is 9.15 Å². The fourth-order valence-corrected chi connectivity index (χ4v) is 2.86. The van der Waals surface area contributed by atoms with Gasteiger partial charge in [0.1, 0.15) is 17.3 Å². The highest BCUT2D eigenvalue weighted by atomic mass is 35.5. The van der Waals surface area contributed by atoms with Crippen LogP contribution < -0.4 is 10.2 Å². The van der Waals surface area contributed by atoms with E-state index < -0.39 is 0 Å². The van der Waals surface area contributed by atoms with Crippen LogP contribution in [0.1, 0.15) is 5.76 Å². The van der Waals surface area contributed by atoms with Gasteiger partial charge in [-0.2, -0.15) is 10.2 Å². The zero-order chi connectivity index (χ0) is 20.1. The number of halogens is 1. The van der Waals surface area contributed by atoms with Gasteiger partial charge >= 0.3 is 0 Å². The number of furan rings is 1. The van der Waals surface area contributed by atoms with E-state index in [1.807, 2.05) is 54.6 Å². The molecule has 29 heavy (non-hydrogen) atoms. The highest BCUT2D eigenvalue weighted by molar-refractivity contribution is 6.33. The minimum Gasteiger partial charge on any atom is -0.497 e. The third-order valence-corrected chi connectivity index (χ3v) is 4.40. The van der Waals surface area contributed by atoms with Gasteiger partial charge in [0.2, 0.25) is 0 Å². The van der Waals surface area contributed by atoms with Crippen molar-refractivity contribution in [1.29, 1.82) is 0 Å². The van der Waals surface area contributed by atoms with E-state index in [0.717, 1.165) is 16.9 Å². The van der Waals surface area contributed by atoms with Gasteiger partial charge in [-0.3, -0.25) is 0 Å². The van der Waals surface area contributed by atoms with Crippen molar-refractivity contribution in [2.24, 2.45) is 5.10 Å². The predicted octanol–water partition coefficient (Wildman–Crippen LogP) is 4.91. The van der Waals surface area contributed by atoms with Crippen LogP contribution in [0, 0.1) is 0 Å². The average molecular weight is 406 g/mol. The summed E-state index contributed by atoms with van der Waals surface area (Å²) in [6, 6.07) is 18.6. The van der Waals surface area contributed by atoms with Crippen molar-refractivity contribution in [2.45, 2.75) is 0 Å². The highest BCUT2D eigenvalue weighted by Gasteiger charge is 2.07. The van der Waals surface area contributed by atoms with E-state index in [-0.39, 0.29) is 5.95 Å². The summed E-state index contributed by atoms with van der Waals surface area (Å²) in [5.41, 5.74) is 5.14. The van der Waals surface area contributed by atoms with E-state index in [2.05, 4.69) is 25.7 Å². The molecule has 0 aliphatic carbocycles. The van der Waals surface area contributed by atoms with Gasteiger partial charge in [0.25, 0.3) is 5.95 Å². The van der Waals surface area contributed by atoms with Crippen LogP contribution in [0.5, 0.6) is 5.75 Å². The van der Waals surface area contributed by atoms with E-state index >= 15 is 0 Å². The third-order valence-electron chi connectivity index (χ3n) is 4.07. The topological polar surface area (TPSA) is 85.4 Å². The summed E-state index contributed by atoms with van der Waals surface area (Å²) in [5.74, 6) is 2.27. The second kappa shape index (κ2) is 8.53. The van der Waals surface area contributed by atoms with Crippen molar-refractivity contribution in [3.05, 3.63) is 77.6 Å². The summed E-state index contributed by atoms with van der Waals surface area (Å²) >= 11 is 6.20. The minimum atomic E-state index is 0.271. The lowest BCUT2D eigenvalue weighted by Gasteiger charge is -2.03. The molecule has 4 rings (SSSR count). The standard InChI is InChI=1S/C21H16ClN5O2/c1-28-15-8-6-14(7-9-15)19-13-24-27-21(25-19)26-23-12-16-10-11-20(29-16)17-4-2-3-5-18(17)22/h2-13H,1H3,(H,25,26,27). The zero-order valence-corrected chi connectivity index (χ0v) is 16.2. The molecule has 0 bridgehead atoms. The molecule has 2 aromatic heterocycles. The maximum absolute atomic E-state index is 6.20. The Labute approximate surface area is 172 Å². The molecule has 0 aliphatic heterocycles. The van der Waals surface area contributed by atoms with Gasteiger partial charge in [-0.15, -0.1) is 5.10 Å². The fourth-order valence-electron chi connectivity index (χ4n) is 2.63. The number of methoxy groups -OCH3 is 1. The number of hydrazone groups is 1. The molecule has 0 atom stereocenters. The highest BCUT2D eigenvalue weighted by Crippen LogP contribution is 2.28. The van der Waals surface area contributed by atoms with Crippen molar-refractivity contribution in [1.82, 2.24) is 15.2 Å². The summed E-state index contributed by atoms with van der Waals surface area (Å²) in [4.78, 5) is 4.41. The summed E-state index contributed by atoms with van der Waals surface area (Å²) in [7, 11) is 1.62. The summed E-state index contributed by atoms with van der Waals surface area (Å²) in [5, 5.41) is 12.6. The van der Waals surface area contributed by atoms with Crippen LogP contribution in [0.4, 0.5) is 5.95 Å². The van der Waals surface area contributed by atoms with Gasteiger partial charge in [0, 0.05) is 11.1 Å². The van der Waals surface area contributed by atoms with Crippen LogP contribution in [-0.4, -0.2) is 28.5 Å². The van der Waals surface area contributed by atoms with Crippen LogP contribution in [-0.2, 0) is 0 Å². The molecule has 0 spiro atoms. The number of rotatable bonds is 6. The number of anilines is 1. The Bertz CT molecular complexity index is 1140. The molecule has 0 unspecified atom stereocenters. The molecule has 2 heterocycles. The molecule has 0 fully saturated rings. The first-order valence-electron chi connectivity index (χ1n) is 8.71. The van der Waals surface area contributed by atoms with E-state index in [0.29, 0.717) is 22.2 Å². The monoisotopic (exact) mass is 405 g/mol. The van der Waals surface area contributed by atoms with Gasteiger partial charge < -0.3 is 9.15 Å². The SMILES string of the molecule is COc1ccc(-c2cnnc(NN=Cc3ccc(-c4ccccc4Cl)o3)n2)cc1. The Morgan fingerprint density at radius 1 is 1.07 bits per heavy atom. The van der Waals surface area contributed by atoms with Gasteiger partial charge in [0.05, 0.1) is 30.2 Å². The average Bonchev–Trinajstić information content (AvgIpc) is 3.23. The molecule has 2 aromatic carbocycles. The predicted molar refractivity (Wildman–Crippen MR) is 112 cm³/mol. The lowest BCUT2D eigenvalue weighted by molar-refractivity contribution is 0.415. The van der Waals surface area contributed by atoms with E-state index in [1.54, 1.807) is 19.4 Å². The number of hydrogen-bond donors (Lipinski definition) is 1. The Morgan fingerprint density at radius 3 is 2.69 bits per heavy atom. The van der Waals surface area contributed by atoms with Crippen LogP contribution in [0.15, 0.2) is 76.4 Å². The van der Waals surface area contributed by atoms with Crippen molar-refractivity contribution >= 4 is 23.8 Å². The first-order chi connectivity index (χ1) is 14.2. The molecule has 0 radical (unpaired) electrons. The number of hydrogen-bond acceptors (Lipinski definition) is 7. The normalized spacial score (nSPS) is 11.0. The second-order valence-corrected chi connectivity index (χ2v) is 6.35. The molecule has 4 aromatic rings. The molecular formula is C21H16ClN5O2. The largest absolute Gasteiger partial charge is 0.497 e. The van der Waals surface area contributed by atoms with Gasteiger partial charge in [-0.1, -0.05) is 23.7 Å². The maximum atomic E-state index is 6.20. The van der Waals surface area contributed by atoms with E-state index in [1.165, 1.54) is 6.21 Å². The molecule has 0 aliphatic rings. The molecule has 0 saturated heterocycles. The Balaban J connectivity index is 1.45. The number of nitrogens with zero attached hydrogens (tertiary/aromatic N) is 4. The maximum Gasteiger partial charge on any atom is 0.263 e. The number of benzene rings is 2. The fraction of sp³-hybridized carbons (Fsp3) is 0.0476. The smallest absolute Gasteiger partial charge is 0.263 e. The lowest BCUT2D eigenvalue weighted by atomic mass is 10.1. The molecular weight excluding hydrogens is 390 g/mol. The van der Waals surface area contributed by atoms with E-state index in [4.69, 9.17) is 20.8 Å². The summed E-state index contributed by atoms with van der Waals surface area (Å²) in [6.07, 6.45) is 3.11. The van der Waals surface area contributed by atoms with Gasteiger partial charge in [0.15, 0.2) is 0 Å². The van der Waals surface area contributed by atoms with Crippen LogP contribution in [0.25, 0.3) is 22.6 Å². The molecule has 0 amide bonds. The van der Waals surface area contributed by atoms with Crippen molar-refractivity contribution in [2.75, 3.05) is 12.5 Å². The zero-order valence-electron chi connectivity index (χ0n) is 15.4. The van der Waals surface area contributed by atoms with Crippen molar-refractivity contribution in [3.63, 3.8) is 0 Å². The van der Waals surface area contributed by atoms with Gasteiger partial charge in [-0.05, 0) is 48.5 Å². The number of ether oxygens (including phenoxy) is 1. The Morgan fingerprint density at radius 2 is 1.90 bits per heavy atom. The summed E-state index contributed by atoms with van der Waals surface area (Å²) < 4.78 is 10.9. The van der Waals surface area contributed by atoms with Gasteiger partial charge in [-0.25, -0.2) is 10.4 Å².